The third-order valence-electron chi connectivity index (χ3n) is 0.892. The van der Waals surface area contributed by atoms with Crippen molar-refractivity contribution < 1.29 is 5.11 Å². The number of aliphatic imine (C=N–C) groups is 1. The van der Waals surface area contributed by atoms with Crippen LogP contribution in [0.5, 0.6) is 0 Å². The summed E-state index contributed by atoms with van der Waals surface area (Å²) < 4.78 is 0. The largest absolute Gasteiger partial charge is 0.394 e. The Kier molecular flexibility index (Phi) is 4.82. The molecule has 0 aromatic rings. The Bertz CT molecular complexity index is 118. The van der Waals surface area contributed by atoms with Crippen molar-refractivity contribution >= 4 is 5.71 Å². The van der Waals surface area contributed by atoms with Crippen molar-refractivity contribution in [2.24, 2.45) is 4.99 Å². The van der Waals surface area contributed by atoms with Gasteiger partial charge in [0.25, 0.3) is 0 Å². The van der Waals surface area contributed by atoms with Crippen molar-refractivity contribution in [2.75, 3.05) is 20.7 Å². The van der Waals surface area contributed by atoms with E-state index in [2.05, 4.69) is 10.3 Å². The molecular formula is C6H12N2O. The van der Waals surface area contributed by atoms with Crippen LogP contribution in [0.15, 0.2) is 17.3 Å². The lowest BCUT2D eigenvalue weighted by atomic mass is 10.4. The minimum atomic E-state index is -0.00528. The van der Waals surface area contributed by atoms with Gasteiger partial charge in [-0.15, -0.1) is 0 Å². The summed E-state index contributed by atoms with van der Waals surface area (Å²) in [5, 5.41) is 11.3. The highest BCUT2D eigenvalue weighted by molar-refractivity contribution is 5.95. The fourth-order valence-electron chi connectivity index (χ4n) is 0.377. The van der Waals surface area contributed by atoms with Gasteiger partial charge in [-0.1, -0.05) is 0 Å². The van der Waals surface area contributed by atoms with Crippen molar-refractivity contribution in [1.82, 2.24) is 5.32 Å². The number of nitrogens with one attached hydrogen (secondary N) is 1. The molecule has 3 heteroatoms. The lowest BCUT2D eigenvalue weighted by Gasteiger charge is -1.90. The van der Waals surface area contributed by atoms with Crippen LogP contribution in [0.4, 0.5) is 0 Å². The SMILES string of the molecule is C/N=C(\C=C/NC)CO. The summed E-state index contributed by atoms with van der Waals surface area (Å²) in [6.45, 7) is -0.00528. The highest BCUT2D eigenvalue weighted by Crippen LogP contribution is 1.76. The lowest BCUT2D eigenvalue weighted by molar-refractivity contribution is 0.358. The Hall–Kier alpha value is -0.830. The van der Waals surface area contributed by atoms with Crippen molar-refractivity contribution in [3.63, 3.8) is 0 Å². The van der Waals surface area contributed by atoms with Gasteiger partial charge in [0.1, 0.15) is 0 Å². The summed E-state index contributed by atoms with van der Waals surface area (Å²) in [5.41, 5.74) is 0.671. The predicted molar refractivity (Wildman–Crippen MR) is 38.6 cm³/mol. The van der Waals surface area contributed by atoms with E-state index >= 15 is 0 Å². The topological polar surface area (TPSA) is 44.6 Å². The molecule has 0 aliphatic heterocycles. The molecule has 9 heavy (non-hydrogen) atoms. The molecule has 0 aliphatic rings. The van der Waals surface area contributed by atoms with Gasteiger partial charge < -0.3 is 10.4 Å². The molecule has 0 unspecified atom stereocenters. The second-order valence-electron chi connectivity index (χ2n) is 1.50. The zero-order valence-corrected chi connectivity index (χ0v) is 5.76. The molecule has 0 amide bonds. The second kappa shape index (κ2) is 5.31. The Morgan fingerprint density at radius 3 is 2.78 bits per heavy atom. The standard InChI is InChI=1S/C6H12N2O/c1-7-4-3-6(5-9)8-2/h3-4,7,9H,5H2,1-2H3/b4-3-,8-6+. The second-order valence-corrected chi connectivity index (χ2v) is 1.50. The van der Waals surface area contributed by atoms with Crippen LogP contribution in [-0.2, 0) is 0 Å². The van der Waals surface area contributed by atoms with Crippen LogP contribution in [0.2, 0.25) is 0 Å². The Morgan fingerprint density at radius 1 is 1.78 bits per heavy atom. The predicted octanol–water partition coefficient (Wildman–Crippen LogP) is -0.217. The van der Waals surface area contributed by atoms with Crippen LogP contribution in [-0.4, -0.2) is 31.5 Å². The van der Waals surface area contributed by atoms with Gasteiger partial charge in [-0.25, -0.2) is 0 Å². The van der Waals surface area contributed by atoms with E-state index in [9.17, 15) is 0 Å². The Balaban J connectivity index is 3.70. The number of aliphatic hydroxyl groups excluding tert-OH is 1. The molecule has 0 spiro atoms. The minimum absolute atomic E-state index is 0.00528. The van der Waals surface area contributed by atoms with E-state index in [1.165, 1.54) is 0 Å². The zero-order valence-electron chi connectivity index (χ0n) is 5.76. The maximum atomic E-state index is 8.54. The molecule has 2 N–H and O–H groups in total. The van der Waals surface area contributed by atoms with Crippen LogP contribution < -0.4 is 5.32 Å². The summed E-state index contributed by atoms with van der Waals surface area (Å²) >= 11 is 0. The number of nitrogens with zero attached hydrogens (tertiary/aromatic N) is 1. The molecule has 0 radical (unpaired) electrons. The van der Waals surface area contributed by atoms with E-state index in [0.717, 1.165) is 0 Å². The maximum absolute atomic E-state index is 8.54. The summed E-state index contributed by atoms with van der Waals surface area (Å²) in [4.78, 5) is 3.78. The monoisotopic (exact) mass is 128 g/mol. The zero-order chi connectivity index (χ0) is 7.11. The van der Waals surface area contributed by atoms with Gasteiger partial charge in [-0.2, -0.15) is 0 Å². The van der Waals surface area contributed by atoms with Crippen LogP contribution in [0.1, 0.15) is 0 Å². The quantitative estimate of drug-likeness (QED) is 0.516. The third-order valence-corrected chi connectivity index (χ3v) is 0.892. The first kappa shape index (κ1) is 8.17. The third kappa shape index (κ3) is 3.73. The number of hydrogen-bond acceptors (Lipinski definition) is 3. The molecule has 0 bridgehead atoms. The number of rotatable bonds is 3. The van der Waals surface area contributed by atoms with Gasteiger partial charge in [-0.3, -0.25) is 4.99 Å². The first-order valence-corrected chi connectivity index (χ1v) is 2.75. The summed E-state index contributed by atoms with van der Waals surface area (Å²) in [6, 6.07) is 0. The molecule has 0 rings (SSSR count). The molecule has 0 heterocycles. The number of aliphatic hydroxyl groups is 1. The van der Waals surface area contributed by atoms with Crippen molar-refractivity contribution in [3.05, 3.63) is 12.3 Å². The molecule has 0 aliphatic carbocycles. The van der Waals surface area contributed by atoms with Gasteiger partial charge >= 0.3 is 0 Å². The first-order chi connectivity index (χ1) is 4.35. The van der Waals surface area contributed by atoms with Crippen molar-refractivity contribution in [2.45, 2.75) is 0 Å². The van der Waals surface area contributed by atoms with E-state index in [4.69, 9.17) is 5.11 Å². The number of hydrogen-bond donors (Lipinski definition) is 2. The van der Waals surface area contributed by atoms with Crippen LogP contribution in [0, 0.1) is 0 Å². The highest BCUT2D eigenvalue weighted by atomic mass is 16.3. The van der Waals surface area contributed by atoms with E-state index in [1.54, 1.807) is 26.4 Å². The van der Waals surface area contributed by atoms with Gasteiger partial charge in [0, 0.05) is 14.1 Å². The van der Waals surface area contributed by atoms with E-state index in [1.807, 2.05) is 0 Å². The molecule has 52 valence electrons. The maximum Gasteiger partial charge on any atom is 0.0848 e. The fraction of sp³-hybridized carbons (Fsp3) is 0.500. The Labute approximate surface area is 55.1 Å². The van der Waals surface area contributed by atoms with Gasteiger partial charge in [0.15, 0.2) is 0 Å². The molecule has 0 saturated carbocycles. The first-order valence-electron chi connectivity index (χ1n) is 2.75. The molecule has 0 aromatic carbocycles. The van der Waals surface area contributed by atoms with Crippen molar-refractivity contribution in [1.29, 1.82) is 0 Å². The lowest BCUT2D eigenvalue weighted by Crippen LogP contribution is -2.02. The van der Waals surface area contributed by atoms with Crippen LogP contribution in [0.3, 0.4) is 0 Å². The molecule has 0 aromatic heterocycles. The molecule has 0 atom stereocenters. The molecule has 0 saturated heterocycles. The molecular weight excluding hydrogens is 116 g/mol. The minimum Gasteiger partial charge on any atom is -0.394 e. The van der Waals surface area contributed by atoms with Gasteiger partial charge in [-0.05, 0) is 12.3 Å². The average Bonchev–Trinajstić information content (AvgIpc) is 1.91. The van der Waals surface area contributed by atoms with E-state index < -0.39 is 0 Å². The van der Waals surface area contributed by atoms with E-state index in [0.29, 0.717) is 5.71 Å². The summed E-state index contributed by atoms with van der Waals surface area (Å²) in [5.74, 6) is 0. The Morgan fingerprint density at radius 2 is 2.44 bits per heavy atom. The smallest absolute Gasteiger partial charge is 0.0848 e. The average molecular weight is 128 g/mol. The fourth-order valence-corrected chi connectivity index (χ4v) is 0.377. The van der Waals surface area contributed by atoms with Crippen LogP contribution in [0.25, 0.3) is 0 Å². The van der Waals surface area contributed by atoms with Gasteiger partial charge in [0.2, 0.25) is 0 Å². The molecule has 3 nitrogen and oxygen atoms in total. The summed E-state index contributed by atoms with van der Waals surface area (Å²) in [7, 11) is 3.44. The van der Waals surface area contributed by atoms with Crippen molar-refractivity contribution in [3.8, 4) is 0 Å². The summed E-state index contributed by atoms with van der Waals surface area (Å²) in [6.07, 6.45) is 3.44. The van der Waals surface area contributed by atoms with E-state index in [-0.39, 0.29) is 6.61 Å². The molecule has 0 fully saturated rings. The normalized spacial score (nSPS) is 12.6. The van der Waals surface area contributed by atoms with Crippen LogP contribution >= 0.6 is 0 Å². The van der Waals surface area contributed by atoms with Gasteiger partial charge in [0.05, 0.1) is 12.3 Å². The highest BCUT2D eigenvalue weighted by Gasteiger charge is 1.84.